The Labute approximate surface area is 126 Å². The van der Waals surface area contributed by atoms with Crippen LogP contribution in [0.2, 0.25) is 0 Å². The second-order valence-corrected chi connectivity index (χ2v) is 5.60. The van der Waals surface area contributed by atoms with Crippen molar-refractivity contribution in [3.05, 3.63) is 17.5 Å². The van der Waals surface area contributed by atoms with E-state index in [0.717, 1.165) is 31.6 Å². The minimum atomic E-state index is -0.0711. The van der Waals surface area contributed by atoms with Crippen molar-refractivity contribution in [2.45, 2.75) is 51.8 Å². The smallest absolute Gasteiger partial charge is 0.269 e. The molecule has 1 aliphatic heterocycles. The summed E-state index contributed by atoms with van der Waals surface area (Å²) in [6.45, 7) is 7.67. The van der Waals surface area contributed by atoms with Crippen molar-refractivity contribution in [3.8, 4) is 0 Å². The predicted molar refractivity (Wildman–Crippen MR) is 81.5 cm³/mol. The summed E-state index contributed by atoms with van der Waals surface area (Å²) in [5, 5.41) is 10.8. The Bertz CT molecular complexity index is 482. The number of aromatic nitrogens is 2. The van der Waals surface area contributed by atoms with E-state index in [2.05, 4.69) is 29.6 Å². The van der Waals surface area contributed by atoms with Gasteiger partial charge in [0.2, 0.25) is 0 Å². The molecule has 6 heteroatoms. The predicted octanol–water partition coefficient (Wildman–Crippen LogP) is 1.27. The fourth-order valence-electron chi connectivity index (χ4n) is 2.89. The summed E-state index contributed by atoms with van der Waals surface area (Å²) in [4.78, 5) is 12.6. The van der Waals surface area contributed by atoms with Gasteiger partial charge in [0, 0.05) is 20.2 Å². The monoisotopic (exact) mass is 294 g/mol. The molecule has 1 aliphatic rings. The lowest BCUT2D eigenvalue weighted by Gasteiger charge is -2.20. The first-order valence-corrected chi connectivity index (χ1v) is 7.71. The van der Waals surface area contributed by atoms with Gasteiger partial charge in [-0.25, -0.2) is 0 Å². The molecule has 0 radical (unpaired) electrons. The highest BCUT2D eigenvalue weighted by Gasteiger charge is 2.29. The molecule has 1 saturated heterocycles. The standard InChI is InChI=1S/C15H26N4O2/c1-5-11(6-2)19-13(7-10(3)18-19)15(20)17-12-8-16-9-14(12)21-4/h7,11-12,14,16H,5-6,8-9H2,1-4H3,(H,17,20)/t12?,14-/m0/s1. The van der Waals surface area contributed by atoms with Crippen molar-refractivity contribution in [1.82, 2.24) is 20.4 Å². The average Bonchev–Trinajstić information content (AvgIpc) is 3.07. The summed E-state index contributed by atoms with van der Waals surface area (Å²) in [6, 6.07) is 2.13. The first-order valence-electron chi connectivity index (χ1n) is 7.71. The number of nitrogens with zero attached hydrogens (tertiary/aromatic N) is 2. The summed E-state index contributed by atoms with van der Waals surface area (Å²) >= 11 is 0. The summed E-state index contributed by atoms with van der Waals surface area (Å²) < 4.78 is 7.26. The molecule has 1 aromatic rings. The quantitative estimate of drug-likeness (QED) is 0.829. The lowest BCUT2D eigenvalue weighted by Crippen LogP contribution is -2.44. The van der Waals surface area contributed by atoms with Crippen LogP contribution in [0, 0.1) is 6.92 Å². The van der Waals surface area contributed by atoms with Crippen molar-refractivity contribution < 1.29 is 9.53 Å². The molecular weight excluding hydrogens is 268 g/mol. The molecule has 21 heavy (non-hydrogen) atoms. The first-order chi connectivity index (χ1) is 10.1. The van der Waals surface area contributed by atoms with Crippen LogP contribution in [0.3, 0.4) is 0 Å². The molecule has 0 aliphatic carbocycles. The van der Waals surface area contributed by atoms with Crippen LogP contribution in [0.15, 0.2) is 6.07 Å². The van der Waals surface area contributed by atoms with E-state index >= 15 is 0 Å². The van der Waals surface area contributed by atoms with Gasteiger partial charge in [-0.1, -0.05) is 13.8 Å². The van der Waals surface area contributed by atoms with Crippen LogP contribution in [0.5, 0.6) is 0 Å². The first kappa shape index (κ1) is 16.0. The highest BCUT2D eigenvalue weighted by Crippen LogP contribution is 2.18. The zero-order chi connectivity index (χ0) is 15.4. The summed E-state index contributed by atoms with van der Waals surface area (Å²) in [5.41, 5.74) is 1.52. The molecule has 2 heterocycles. The molecule has 0 spiro atoms. The van der Waals surface area contributed by atoms with Gasteiger partial charge in [-0.3, -0.25) is 9.48 Å². The van der Waals surface area contributed by atoms with Crippen molar-refractivity contribution in [3.63, 3.8) is 0 Å². The number of amides is 1. The minimum absolute atomic E-state index is 0.00728. The van der Waals surface area contributed by atoms with Crippen molar-refractivity contribution in [2.24, 2.45) is 0 Å². The maximum Gasteiger partial charge on any atom is 0.269 e. The van der Waals surface area contributed by atoms with E-state index in [1.54, 1.807) is 7.11 Å². The van der Waals surface area contributed by atoms with E-state index in [4.69, 9.17) is 4.74 Å². The Morgan fingerprint density at radius 1 is 1.52 bits per heavy atom. The highest BCUT2D eigenvalue weighted by atomic mass is 16.5. The van der Waals surface area contributed by atoms with Gasteiger partial charge < -0.3 is 15.4 Å². The maximum absolute atomic E-state index is 12.6. The van der Waals surface area contributed by atoms with Crippen LogP contribution in [0.1, 0.15) is 48.9 Å². The number of aryl methyl sites for hydroxylation is 1. The van der Waals surface area contributed by atoms with E-state index in [1.165, 1.54) is 0 Å². The molecule has 0 bridgehead atoms. The van der Waals surface area contributed by atoms with Crippen LogP contribution in [0.25, 0.3) is 0 Å². The number of hydrogen-bond acceptors (Lipinski definition) is 4. The molecule has 2 N–H and O–H groups in total. The van der Waals surface area contributed by atoms with Crippen LogP contribution < -0.4 is 10.6 Å². The number of carbonyl (C=O) groups is 1. The molecule has 118 valence electrons. The molecule has 1 aromatic heterocycles. The third-order valence-electron chi connectivity index (χ3n) is 4.16. The lowest BCUT2D eigenvalue weighted by molar-refractivity contribution is 0.0770. The van der Waals surface area contributed by atoms with E-state index in [9.17, 15) is 4.79 Å². The molecule has 1 unspecified atom stereocenters. The second kappa shape index (κ2) is 7.04. The van der Waals surface area contributed by atoms with E-state index in [-0.39, 0.29) is 24.1 Å². The third-order valence-corrected chi connectivity index (χ3v) is 4.16. The van der Waals surface area contributed by atoms with Gasteiger partial charge in [0.15, 0.2) is 0 Å². The average molecular weight is 294 g/mol. The summed E-state index contributed by atoms with van der Waals surface area (Å²) in [6.07, 6.45) is 1.95. The number of carbonyl (C=O) groups excluding carboxylic acids is 1. The van der Waals surface area contributed by atoms with Crippen LogP contribution in [0.4, 0.5) is 0 Å². The largest absolute Gasteiger partial charge is 0.378 e. The molecule has 0 aromatic carbocycles. The molecule has 6 nitrogen and oxygen atoms in total. The topological polar surface area (TPSA) is 68.2 Å². The maximum atomic E-state index is 12.6. The number of nitrogens with one attached hydrogen (secondary N) is 2. The van der Waals surface area contributed by atoms with Gasteiger partial charge in [-0.2, -0.15) is 5.10 Å². The SMILES string of the molecule is CCC(CC)n1nc(C)cc1C(=O)NC1CNC[C@@H]1OC. The van der Waals surface area contributed by atoms with Crippen molar-refractivity contribution >= 4 is 5.91 Å². The van der Waals surface area contributed by atoms with Crippen LogP contribution in [-0.2, 0) is 4.74 Å². The fraction of sp³-hybridized carbons (Fsp3) is 0.733. The van der Waals surface area contributed by atoms with Gasteiger partial charge in [-0.15, -0.1) is 0 Å². The van der Waals surface area contributed by atoms with E-state index in [1.807, 2.05) is 17.7 Å². The normalized spacial score (nSPS) is 22.0. The third kappa shape index (κ3) is 3.44. The fourth-order valence-corrected chi connectivity index (χ4v) is 2.89. The van der Waals surface area contributed by atoms with Gasteiger partial charge in [-0.05, 0) is 25.8 Å². The molecule has 1 fully saturated rings. The van der Waals surface area contributed by atoms with Crippen LogP contribution >= 0.6 is 0 Å². The number of hydrogen-bond donors (Lipinski definition) is 2. The molecular formula is C15H26N4O2. The van der Waals surface area contributed by atoms with Crippen molar-refractivity contribution in [1.29, 1.82) is 0 Å². The van der Waals surface area contributed by atoms with E-state index in [0.29, 0.717) is 5.69 Å². The highest BCUT2D eigenvalue weighted by molar-refractivity contribution is 5.93. The molecule has 2 rings (SSSR count). The van der Waals surface area contributed by atoms with Crippen molar-refractivity contribution in [2.75, 3.05) is 20.2 Å². The second-order valence-electron chi connectivity index (χ2n) is 5.60. The zero-order valence-electron chi connectivity index (χ0n) is 13.3. The Morgan fingerprint density at radius 3 is 2.86 bits per heavy atom. The van der Waals surface area contributed by atoms with Gasteiger partial charge in [0.1, 0.15) is 5.69 Å². The Hall–Kier alpha value is -1.40. The molecule has 1 amide bonds. The van der Waals surface area contributed by atoms with Gasteiger partial charge in [0.05, 0.1) is 23.9 Å². The Balaban J connectivity index is 2.15. The summed E-state index contributed by atoms with van der Waals surface area (Å²) in [5.74, 6) is -0.0711. The summed E-state index contributed by atoms with van der Waals surface area (Å²) in [7, 11) is 1.68. The molecule has 2 atom stereocenters. The number of rotatable bonds is 6. The molecule has 0 saturated carbocycles. The Kier molecular flexibility index (Phi) is 5.36. The van der Waals surface area contributed by atoms with Gasteiger partial charge in [0.25, 0.3) is 5.91 Å². The number of methoxy groups -OCH3 is 1. The minimum Gasteiger partial charge on any atom is -0.378 e. The Morgan fingerprint density at radius 2 is 2.24 bits per heavy atom. The van der Waals surface area contributed by atoms with Crippen LogP contribution in [-0.4, -0.2) is 48.0 Å². The van der Waals surface area contributed by atoms with E-state index < -0.39 is 0 Å². The number of ether oxygens (including phenoxy) is 1. The van der Waals surface area contributed by atoms with Gasteiger partial charge >= 0.3 is 0 Å². The lowest BCUT2D eigenvalue weighted by atomic mass is 10.1. The zero-order valence-corrected chi connectivity index (χ0v) is 13.3.